The molecule has 0 fully saturated rings. The summed E-state index contributed by atoms with van der Waals surface area (Å²) in [5.41, 5.74) is 1.82. The van der Waals surface area contributed by atoms with Gasteiger partial charge in [0.25, 0.3) is 0 Å². The van der Waals surface area contributed by atoms with Crippen LogP contribution in [0.3, 0.4) is 0 Å². The first-order chi connectivity index (χ1) is 12.6. The van der Waals surface area contributed by atoms with E-state index >= 15 is 0 Å². The number of aliphatic hydroxyl groups excluding tert-OH is 1. The number of carbonyl (C=O) groups excluding carboxylic acids is 1. The lowest BCUT2D eigenvalue weighted by molar-refractivity contribution is -0.137. The highest BCUT2D eigenvalue weighted by Gasteiger charge is 2.18. The molecule has 0 spiro atoms. The van der Waals surface area contributed by atoms with Gasteiger partial charge >= 0.3 is 12.0 Å². The molecule has 6 nitrogen and oxygen atoms in total. The van der Waals surface area contributed by atoms with Crippen molar-refractivity contribution < 1.29 is 19.8 Å². The minimum absolute atomic E-state index is 0.0279. The maximum Gasteiger partial charge on any atom is 0.315 e. The molecule has 2 unspecified atom stereocenters. The second-order valence-electron chi connectivity index (χ2n) is 6.08. The molecule has 4 N–H and O–H groups in total. The van der Waals surface area contributed by atoms with Gasteiger partial charge in [0.2, 0.25) is 0 Å². The number of carboxylic acid groups (broad SMARTS) is 1. The maximum atomic E-state index is 12.4. The highest BCUT2D eigenvalue weighted by atomic mass is 16.4. The third-order valence-corrected chi connectivity index (χ3v) is 4.06. The van der Waals surface area contributed by atoms with Gasteiger partial charge in [-0.3, -0.25) is 4.79 Å². The SMILES string of the molecule is O=C(O)CCC(Cc1ccccc1)NC(=O)NC(CO)c1ccccc1. The number of aliphatic carboxylic acids is 1. The zero-order chi connectivity index (χ0) is 18.8. The van der Waals surface area contributed by atoms with Crippen molar-refractivity contribution in [2.24, 2.45) is 0 Å². The zero-order valence-electron chi connectivity index (χ0n) is 14.5. The van der Waals surface area contributed by atoms with Gasteiger partial charge in [-0.1, -0.05) is 60.7 Å². The summed E-state index contributed by atoms with van der Waals surface area (Å²) in [6, 6.07) is 17.5. The molecule has 0 radical (unpaired) electrons. The van der Waals surface area contributed by atoms with Gasteiger partial charge in [0, 0.05) is 12.5 Å². The van der Waals surface area contributed by atoms with E-state index < -0.39 is 18.0 Å². The molecular weight excluding hydrogens is 332 g/mol. The van der Waals surface area contributed by atoms with E-state index in [1.54, 1.807) is 0 Å². The van der Waals surface area contributed by atoms with Crippen LogP contribution in [0, 0.1) is 0 Å². The molecule has 2 rings (SSSR count). The number of urea groups is 1. The average Bonchev–Trinajstić information content (AvgIpc) is 2.65. The quantitative estimate of drug-likeness (QED) is 0.555. The molecule has 138 valence electrons. The Morgan fingerprint density at radius 2 is 1.54 bits per heavy atom. The third kappa shape index (κ3) is 6.57. The summed E-state index contributed by atoms with van der Waals surface area (Å²) in [7, 11) is 0. The van der Waals surface area contributed by atoms with E-state index in [1.165, 1.54) is 0 Å². The molecule has 2 aromatic rings. The lowest BCUT2D eigenvalue weighted by Crippen LogP contribution is -2.45. The number of carbonyl (C=O) groups is 2. The summed E-state index contributed by atoms with van der Waals surface area (Å²) in [4.78, 5) is 23.2. The third-order valence-electron chi connectivity index (χ3n) is 4.06. The highest BCUT2D eigenvalue weighted by molar-refractivity contribution is 5.75. The van der Waals surface area contributed by atoms with Gasteiger partial charge in [-0.25, -0.2) is 4.79 Å². The van der Waals surface area contributed by atoms with Crippen molar-refractivity contribution in [2.75, 3.05) is 6.61 Å². The van der Waals surface area contributed by atoms with E-state index in [2.05, 4.69) is 10.6 Å². The normalized spacial score (nSPS) is 12.8. The predicted molar refractivity (Wildman–Crippen MR) is 98.7 cm³/mol. The molecule has 0 saturated heterocycles. The van der Waals surface area contributed by atoms with Crippen LogP contribution < -0.4 is 10.6 Å². The number of rotatable bonds is 9. The van der Waals surface area contributed by atoms with Crippen molar-refractivity contribution in [1.29, 1.82) is 0 Å². The Labute approximate surface area is 152 Å². The number of hydrogen-bond acceptors (Lipinski definition) is 3. The fourth-order valence-electron chi connectivity index (χ4n) is 2.73. The van der Waals surface area contributed by atoms with Gasteiger partial charge in [0.05, 0.1) is 12.6 Å². The number of amides is 2. The minimum Gasteiger partial charge on any atom is -0.481 e. The Kier molecular flexibility index (Phi) is 7.64. The van der Waals surface area contributed by atoms with E-state index in [1.807, 2.05) is 60.7 Å². The van der Waals surface area contributed by atoms with Crippen molar-refractivity contribution in [2.45, 2.75) is 31.3 Å². The monoisotopic (exact) mass is 356 g/mol. The van der Waals surface area contributed by atoms with Crippen molar-refractivity contribution in [1.82, 2.24) is 10.6 Å². The average molecular weight is 356 g/mol. The van der Waals surface area contributed by atoms with Crippen molar-refractivity contribution in [3.63, 3.8) is 0 Å². The number of nitrogens with one attached hydrogen (secondary N) is 2. The van der Waals surface area contributed by atoms with Gasteiger partial charge in [-0.15, -0.1) is 0 Å². The Morgan fingerprint density at radius 1 is 0.923 bits per heavy atom. The predicted octanol–water partition coefficient (Wildman–Crippen LogP) is 2.50. The van der Waals surface area contributed by atoms with Crippen molar-refractivity contribution >= 4 is 12.0 Å². The topological polar surface area (TPSA) is 98.7 Å². The second-order valence-corrected chi connectivity index (χ2v) is 6.08. The first-order valence-corrected chi connectivity index (χ1v) is 8.57. The first-order valence-electron chi connectivity index (χ1n) is 8.57. The van der Waals surface area contributed by atoms with Crippen LogP contribution in [0.5, 0.6) is 0 Å². The molecule has 2 aromatic carbocycles. The fourth-order valence-corrected chi connectivity index (χ4v) is 2.73. The number of benzene rings is 2. The van der Waals surface area contributed by atoms with Crippen LogP contribution in [0.2, 0.25) is 0 Å². The number of aliphatic hydroxyl groups is 1. The minimum atomic E-state index is -0.900. The van der Waals surface area contributed by atoms with Gasteiger partial charge < -0.3 is 20.8 Å². The molecule has 0 bridgehead atoms. The Bertz CT molecular complexity index is 691. The molecule has 0 aliphatic heterocycles. The van der Waals surface area contributed by atoms with E-state index in [0.29, 0.717) is 12.8 Å². The Morgan fingerprint density at radius 3 is 2.12 bits per heavy atom. The van der Waals surface area contributed by atoms with Crippen LogP contribution in [-0.4, -0.2) is 34.9 Å². The molecule has 0 aliphatic rings. The Hall–Kier alpha value is -2.86. The van der Waals surface area contributed by atoms with E-state index in [9.17, 15) is 14.7 Å². The van der Waals surface area contributed by atoms with E-state index in [-0.39, 0.29) is 19.1 Å². The molecule has 0 aliphatic carbocycles. The summed E-state index contributed by atoms with van der Waals surface area (Å²) >= 11 is 0. The van der Waals surface area contributed by atoms with Crippen LogP contribution in [-0.2, 0) is 11.2 Å². The summed E-state index contributed by atoms with van der Waals surface area (Å²) in [6.45, 7) is -0.226. The molecule has 2 atom stereocenters. The maximum absolute atomic E-state index is 12.4. The van der Waals surface area contributed by atoms with Crippen LogP contribution in [0.4, 0.5) is 4.79 Å². The van der Waals surface area contributed by atoms with Crippen molar-refractivity contribution in [3.05, 3.63) is 71.8 Å². The molecule has 0 saturated carbocycles. The molecule has 6 heteroatoms. The highest BCUT2D eigenvalue weighted by Crippen LogP contribution is 2.12. The second kappa shape index (κ2) is 10.2. The molecule has 26 heavy (non-hydrogen) atoms. The molecule has 0 aromatic heterocycles. The Balaban J connectivity index is 1.98. The van der Waals surface area contributed by atoms with Crippen LogP contribution in [0.25, 0.3) is 0 Å². The van der Waals surface area contributed by atoms with Gasteiger partial charge in [-0.05, 0) is 24.0 Å². The largest absolute Gasteiger partial charge is 0.481 e. The molecular formula is C20H24N2O4. The molecule has 2 amide bonds. The first kappa shape index (κ1) is 19.5. The smallest absolute Gasteiger partial charge is 0.315 e. The van der Waals surface area contributed by atoms with Crippen LogP contribution in [0.1, 0.15) is 30.0 Å². The summed E-state index contributed by atoms with van der Waals surface area (Å²) in [5.74, 6) is -0.900. The van der Waals surface area contributed by atoms with Gasteiger partial charge in [0.15, 0.2) is 0 Å². The molecule has 0 heterocycles. The van der Waals surface area contributed by atoms with Crippen molar-refractivity contribution in [3.8, 4) is 0 Å². The lowest BCUT2D eigenvalue weighted by Gasteiger charge is -2.22. The van der Waals surface area contributed by atoms with Crippen LogP contribution >= 0.6 is 0 Å². The summed E-state index contributed by atoms with van der Waals surface area (Å²) < 4.78 is 0. The van der Waals surface area contributed by atoms with E-state index in [4.69, 9.17) is 5.11 Å². The van der Waals surface area contributed by atoms with E-state index in [0.717, 1.165) is 11.1 Å². The lowest BCUT2D eigenvalue weighted by atomic mass is 10.0. The fraction of sp³-hybridized carbons (Fsp3) is 0.300. The summed E-state index contributed by atoms with van der Waals surface area (Å²) in [5, 5.41) is 24.1. The number of carboxylic acids is 1. The van der Waals surface area contributed by atoms with Crippen LogP contribution in [0.15, 0.2) is 60.7 Å². The number of hydrogen-bond donors (Lipinski definition) is 4. The standard InChI is InChI=1S/C20H24N2O4/c23-14-18(16-9-5-2-6-10-16)22-20(26)21-17(11-12-19(24)25)13-15-7-3-1-4-8-15/h1-10,17-18,23H,11-14H2,(H,24,25)(H2,21,22,26). The van der Waals surface area contributed by atoms with Gasteiger partial charge in [-0.2, -0.15) is 0 Å². The van der Waals surface area contributed by atoms with Gasteiger partial charge in [0.1, 0.15) is 0 Å². The zero-order valence-corrected chi connectivity index (χ0v) is 14.5. The summed E-state index contributed by atoms with van der Waals surface area (Å²) in [6.07, 6.45) is 0.837.